The molecular formula is C44H54Cl2OZr-2. The molecule has 1 nitrogen and oxygen atoms in total. The number of allylic oxidation sites excluding steroid dienone is 6. The number of furan rings is 1. The van der Waals surface area contributed by atoms with Crippen LogP contribution in [-0.2, 0) is 30.7 Å². The first-order valence-corrected chi connectivity index (χ1v) is 19.1. The summed E-state index contributed by atoms with van der Waals surface area (Å²) < 4.78 is 6.74. The molecule has 0 amide bonds. The van der Waals surface area contributed by atoms with E-state index in [9.17, 15) is 0 Å². The topological polar surface area (TPSA) is 13.1 Å². The quantitative estimate of drug-likeness (QED) is 0.277. The van der Waals surface area contributed by atoms with Crippen LogP contribution in [0.5, 0.6) is 0 Å². The zero-order valence-electron chi connectivity index (χ0n) is 30.3. The first kappa shape index (κ1) is 39.1. The summed E-state index contributed by atoms with van der Waals surface area (Å²) in [5, 5.41) is 0. The van der Waals surface area contributed by atoms with Crippen LogP contribution in [0.15, 0.2) is 100 Å². The molecular weight excluding hydrogens is 707 g/mol. The Kier molecular flexibility index (Phi) is 12.7. The van der Waals surface area contributed by atoms with Crippen LogP contribution in [0.1, 0.15) is 98.6 Å². The van der Waals surface area contributed by atoms with Crippen molar-refractivity contribution in [3.8, 4) is 11.1 Å². The molecule has 5 aliphatic rings. The molecule has 2 saturated carbocycles. The van der Waals surface area contributed by atoms with Gasteiger partial charge in [0.15, 0.2) is 0 Å². The van der Waals surface area contributed by atoms with Gasteiger partial charge in [-0.05, 0) is 34.7 Å². The normalized spacial score (nSPS) is 31.5. The summed E-state index contributed by atoms with van der Waals surface area (Å²) in [5.41, 5.74) is 12.3. The Balaban J connectivity index is 0.000000224. The average molecular weight is 761 g/mol. The van der Waals surface area contributed by atoms with Crippen LogP contribution >= 0.6 is 0 Å². The van der Waals surface area contributed by atoms with Gasteiger partial charge < -0.3 is 29.2 Å². The van der Waals surface area contributed by atoms with Crippen molar-refractivity contribution >= 4 is 8.78 Å². The van der Waals surface area contributed by atoms with Gasteiger partial charge in [0.1, 0.15) is 0 Å². The van der Waals surface area contributed by atoms with E-state index in [4.69, 9.17) is 4.42 Å². The molecule has 8 rings (SSSR count). The van der Waals surface area contributed by atoms with Crippen molar-refractivity contribution in [3.63, 3.8) is 0 Å². The molecule has 0 bridgehead atoms. The third kappa shape index (κ3) is 6.46. The molecule has 5 aliphatic carbocycles. The van der Waals surface area contributed by atoms with Crippen LogP contribution in [0.2, 0.25) is 0 Å². The van der Waals surface area contributed by atoms with Crippen LogP contribution in [0, 0.1) is 46.3 Å². The zero-order chi connectivity index (χ0) is 32.8. The second-order valence-corrected chi connectivity index (χ2v) is 17.1. The largest absolute Gasteiger partial charge is 0.515 e. The van der Waals surface area contributed by atoms with Crippen molar-refractivity contribution in [2.75, 3.05) is 0 Å². The molecule has 1 aromatic heterocycles. The van der Waals surface area contributed by atoms with E-state index >= 15 is 0 Å². The van der Waals surface area contributed by atoms with E-state index in [-0.39, 0.29) is 35.6 Å². The predicted molar refractivity (Wildman–Crippen MR) is 192 cm³/mol. The Morgan fingerprint density at radius 2 is 1.50 bits per heavy atom. The van der Waals surface area contributed by atoms with Crippen LogP contribution in [0.25, 0.3) is 16.7 Å². The Morgan fingerprint density at radius 1 is 0.833 bits per heavy atom. The van der Waals surface area contributed by atoms with Gasteiger partial charge in [0.2, 0.25) is 0 Å². The summed E-state index contributed by atoms with van der Waals surface area (Å²) in [6.45, 7) is 20.2. The molecule has 256 valence electrons. The summed E-state index contributed by atoms with van der Waals surface area (Å²) in [4.78, 5) is 0. The molecule has 1 heterocycles. The maximum atomic E-state index is 4.94. The Hall–Kier alpha value is -1.73. The smallest absolute Gasteiger partial charge is 0.0471 e. The number of benzene rings is 1. The van der Waals surface area contributed by atoms with E-state index in [1.54, 1.807) is 68.2 Å². The fourth-order valence-electron chi connectivity index (χ4n) is 9.81. The first-order valence-electron chi connectivity index (χ1n) is 17.9. The molecule has 2 aromatic carbocycles. The van der Waals surface area contributed by atoms with Gasteiger partial charge in [-0.3, -0.25) is 0 Å². The van der Waals surface area contributed by atoms with Gasteiger partial charge in [0.25, 0.3) is 0 Å². The summed E-state index contributed by atoms with van der Waals surface area (Å²) in [6.07, 6.45) is 16.9. The van der Waals surface area contributed by atoms with Crippen molar-refractivity contribution in [2.24, 2.45) is 40.4 Å². The fraction of sp³-hybridized carbons (Fsp3) is 0.477. The van der Waals surface area contributed by atoms with Crippen molar-refractivity contribution in [3.05, 3.63) is 113 Å². The van der Waals surface area contributed by atoms with Gasteiger partial charge in [-0.2, -0.15) is 23.3 Å². The minimum Gasteiger partial charge on any atom is -0.515 e. The van der Waals surface area contributed by atoms with Gasteiger partial charge in [-0.1, -0.05) is 131 Å². The van der Waals surface area contributed by atoms with E-state index in [0.717, 1.165) is 12.0 Å². The first-order chi connectivity index (χ1) is 22.0. The van der Waals surface area contributed by atoms with Crippen molar-refractivity contribution < 1.29 is 53.5 Å². The number of rotatable bonds is 1. The molecule has 0 spiro atoms. The van der Waals surface area contributed by atoms with Crippen molar-refractivity contribution in [1.82, 2.24) is 0 Å². The maximum absolute atomic E-state index is 4.94. The van der Waals surface area contributed by atoms with E-state index < -0.39 is 0 Å². The Bertz CT molecular complexity index is 1600. The van der Waals surface area contributed by atoms with Crippen LogP contribution in [0.4, 0.5) is 0 Å². The molecule has 3 aromatic rings. The second kappa shape index (κ2) is 15.7. The molecule has 0 radical (unpaired) electrons. The van der Waals surface area contributed by atoms with E-state index in [1.165, 1.54) is 48.8 Å². The summed E-state index contributed by atoms with van der Waals surface area (Å²) in [7, 11) is 0. The summed E-state index contributed by atoms with van der Waals surface area (Å²) in [6, 6.07) is 19.3. The van der Waals surface area contributed by atoms with Gasteiger partial charge in [0, 0.05) is 17.9 Å². The Morgan fingerprint density at radius 3 is 2.10 bits per heavy atom. The van der Waals surface area contributed by atoms with E-state index in [0.29, 0.717) is 29.6 Å². The summed E-state index contributed by atoms with van der Waals surface area (Å²) in [5.74, 6) is 4.93. The minimum absolute atomic E-state index is 0. The van der Waals surface area contributed by atoms with Gasteiger partial charge in [-0.25, -0.2) is 5.92 Å². The van der Waals surface area contributed by atoms with Crippen LogP contribution < -0.4 is 24.8 Å². The van der Waals surface area contributed by atoms with Crippen LogP contribution in [-0.4, -0.2) is 3.21 Å². The van der Waals surface area contributed by atoms with E-state index in [2.05, 4.69) is 104 Å². The fourth-order valence-corrected chi connectivity index (χ4v) is 10.7. The van der Waals surface area contributed by atoms with Crippen molar-refractivity contribution in [1.29, 1.82) is 0 Å². The third-order valence-electron chi connectivity index (χ3n) is 13.5. The van der Waals surface area contributed by atoms with E-state index in [1.807, 2.05) is 18.2 Å². The van der Waals surface area contributed by atoms with Crippen LogP contribution in [0.3, 0.4) is 0 Å². The molecule has 2 fully saturated rings. The maximum Gasteiger partial charge on any atom is 0.0471 e. The zero-order valence-corrected chi connectivity index (χ0v) is 34.3. The minimum atomic E-state index is 0. The van der Waals surface area contributed by atoms with Gasteiger partial charge in [0.05, 0.1) is 0 Å². The number of hydrogen-bond donors (Lipinski definition) is 0. The molecule has 0 aliphatic heterocycles. The predicted octanol–water partition coefficient (Wildman–Crippen LogP) is 6.02. The molecule has 0 saturated heterocycles. The SMILES string of the molecule is C[C-]1C2=C3Cc4ccccc4C3=C3C=CC(C)C(C)C3(C)C2(C)C(C)C(C)C1C.[Cl-].[Cl-].[Zr+2]=[C]1CCCCC1.c1cc[c-](-c2ccoc2)c1. The molecule has 7 atom stereocenters. The number of fused-ring (bicyclic) bond motifs is 6. The number of halogens is 2. The molecule has 4 heteroatoms. The monoisotopic (exact) mass is 758 g/mol. The standard InChI is InChI=1S/C29H37.C9H7O.C6H10.2ClH.Zr/c1-16-13-14-25-26-23-12-10-9-11-22(23)15-24(26)27-19(4)17(2)18(3)21(6)29(27,8)28(25,7)20(16)5;1-2-4-8(3-1)9-5-6-10-7-9;1-2-4-6-5-3-1;;;/h9-14,16-18,20-21H,15H2,1-8H3;1-7H;1-5H2;2*1H;/q2*-1;;;;+2/p-2. The van der Waals surface area contributed by atoms with Crippen molar-refractivity contribution in [2.45, 2.75) is 93.9 Å². The third-order valence-corrected chi connectivity index (χ3v) is 14.7. The van der Waals surface area contributed by atoms with Gasteiger partial charge in [-0.15, -0.1) is 19.1 Å². The second-order valence-electron chi connectivity index (χ2n) is 15.4. The molecule has 7 unspecified atom stereocenters. The number of hydrogen-bond acceptors (Lipinski definition) is 1. The summed E-state index contributed by atoms with van der Waals surface area (Å²) >= 11 is 1.69. The van der Waals surface area contributed by atoms with Gasteiger partial charge >= 0.3 is 59.5 Å². The molecule has 0 N–H and O–H groups in total. The molecule has 48 heavy (non-hydrogen) atoms. The Labute approximate surface area is 318 Å². The average Bonchev–Trinajstić information content (AvgIpc) is 3.85.